The van der Waals surface area contributed by atoms with Crippen LogP contribution >= 0.6 is 15.9 Å². The van der Waals surface area contributed by atoms with Gasteiger partial charge in [0, 0.05) is 28.8 Å². The summed E-state index contributed by atoms with van der Waals surface area (Å²) in [6.07, 6.45) is 8.14. The lowest BCUT2D eigenvalue weighted by molar-refractivity contribution is 0.246. The van der Waals surface area contributed by atoms with Gasteiger partial charge in [-0.2, -0.15) is 0 Å². The zero-order valence-electron chi connectivity index (χ0n) is 12.4. The summed E-state index contributed by atoms with van der Waals surface area (Å²) in [5.41, 5.74) is 3.09. The monoisotopic (exact) mass is 336 g/mol. The molecule has 0 radical (unpaired) electrons. The molecule has 2 fully saturated rings. The van der Waals surface area contributed by atoms with Crippen LogP contribution in [0.3, 0.4) is 0 Å². The van der Waals surface area contributed by atoms with Gasteiger partial charge in [-0.25, -0.2) is 0 Å². The Morgan fingerprint density at radius 3 is 2.70 bits per heavy atom. The van der Waals surface area contributed by atoms with Crippen LogP contribution in [0.2, 0.25) is 0 Å². The van der Waals surface area contributed by atoms with Gasteiger partial charge < -0.3 is 10.2 Å². The SMILES string of the molecule is Cc1cc(N2CCCNC3(CCCCC3)C2)ccc1Br. The van der Waals surface area contributed by atoms with E-state index in [0.717, 1.165) is 0 Å². The first kappa shape index (κ1) is 14.4. The number of rotatable bonds is 1. The van der Waals surface area contributed by atoms with Crippen molar-refractivity contribution in [3.05, 3.63) is 28.2 Å². The molecule has 0 aromatic heterocycles. The summed E-state index contributed by atoms with van der Waals surface area (Å²) < 4.78 is 1.21. The zero-order chi connectivity index (χ0) is 14.0. The van der Waals surface area contributed by atoms with Gasteiger partial charge in [0.2, 0.25) is 0 Å². The van der Waals surface area contributed by atoms with E-state index in [1.54, 1.807) is 0 Å². The van der Waals surface area contributed by atoms with Crippen molar-refractivity contribution in [2.75, 3.05) is 24.5 Å². The van der Waals surface area contributed by atoms with Crippen molar-refractivity contribution in [2.24, 2.45) is 0 Å². The molecule has 1 aromatic carbocycles. The lowest BCUT2D eigenvalue weighted by Crippen LogP contribution is -2.52. The molecule has 110 valence electrons. The molecule has 0 unspecified atom stereocenters. The summed E-state index contributed by atoms with van der Waals surface area (Å²) in [5.74, 6) is 0. The van der Waals surface area contributed by atoms with E-state index >= 15 is 0 Å². The molecule has 1 spiro atoms. The molecular weight excluding hydrogens is 312 g/mol. The highest BCUT2D eigenvalue weighted by atomic mass is 79.9. The molecule has 3 heteroatoms. The van der Waals surface area contributed by atoms with Crippen LogP contribution in [0.25, 0.3) is 0 Å². The standard InChI is InChI=1S/C17H25BrN2/c1-14-12-15(6-7-16(14)18)20-11-5-10-19-17(13-20)8-3-2-4-9-17/h6-7,12,19H,2-5,8-11,13H2,1H3. The molecule has 3 rings (SSSR count). The Balaban J connectivity index is 1.82. The van der Waals surface area contributed by atoms with E-state index in [0.29, 0.717) is 5.54 Å². The van der Waals surface area contributed by atoms with Crippen LogP contribution in [0.15, 0.2) is 22.7 Å². The molecular formula is C17H25BrN2. The van der Waals surface area contributed by atoms with E-state index in [1.165, 1.54) is 73.9 Å². The number of benzene rings is 1. The first-order valence-electron chi connectivity index (χ1n) is 7.95. The maximum atomic E-state index is 3.87. The van der Waals surface area contributed by atoms with Gasteiger partial charge in [-0.3, -0.25) is 0 Å². The van der Waals surface area contributed by atoms with Crippen LogP contribution in [0.5, 0.6) is 0 Å². The van der Waals surface area contributed by atoms with Gasteiger partial charge in [0.1, 0.15) is 0 Å². The van der Waals surface area contributed by atoms with Gasteiger partial charge in [-0.1, -0.05) is 35.2 Å². The van der Waals surface area contributed by atoms with Crippen LogP contribution in [0.1, 0.15) is 44.1 Å². The minimum atomic E-state index is 0.371. The van der Waals surface area contributed by atoms with E-state index in [9.17, 15) is 0 Å². The Bertz CT molecular complexity index is 466. The highest BCUT2D eigenvalue weighted by Crippen LogP contribution is 2.32. The second kappa shape index (κ2) is 6.07. The number of hydrogen-bond acceptors (Lipinski definition) is 2. The Labute approximate surface area is 131 Å². The molecule has 1 aliphatic heterocycles. The van der Waals surface area contributed by atoms with Crippen molar-refractivity contribution in [3.8, 4) is 0 Å². The average molecular weight is 337 g/mol. The molecule has 1 aliphatic carbocycles. The zero-order valence-corrected chi connectivity index (χ0v) is 14.0. The van der Waals surface area contributed by atoms with Gasteiger partial charge in [0.15, 0.2) is 0 Å². The van der Waals surface area contributed by atoms with E-state index in [1.807, 2.05) is 0 Å². The van der Waals surface area contributed by atoms with Crippen molar-refractivity contribution in [1.29, 1.82) is 0 Å². The fourth-order valence-electron chi connectivity index (χ4n) is 3.73. The third kappa shape index (κ3) is 3.04. The molecule has 0 atom stereocenters. The highest BCUT2D eigenvalue weighted by Gasteiger charge is 2.34. The summed E-state index contributed by atoms with van der Waals surface area (Å²) in [6.45, 7) is 5.70. The van der Waals surface area contributed by atoms with Gasteiger partial charge in [0.05, 0.1) is 0 Å². The predicted molar refractivity (Wildman–Crippen MR) is 89.5 cm³/mol. The predicted octanol–water partition coefficient (Wildman–Crippen LogP) is 4.26. The summed E-state index contributed by atoms with van der Waals surface area (Å²) in [5, 5.41) is 3.87. The first-order chi connectivity index (χ1) is 9.69. The largest absolute Gasteiger partial charge is 0.370 e. The van der Waals surface area contributed by atoms with Crippen molar-refractivity contribution < 1.29 is 0 Å². The molecule has 1 saturated heterocycles. The maximum absolute atomic E-state index is 3.87. The van der Waals surface area contributed by atoms with E-state index in [4.69, 9.17) is 0 Å². The van der Waals surface area contributed by atoms with Crippen LogP contribution < -0.4 is 10.2 Å². The molecule has 1 saturated carbocycles. The van der Waals surface area contributed by atoms with E-state index < -0.39 is 0 Å². The molecule has 1 aromatic rings. The Morgan fingerprint density at radius 1 is 1.15 bits per heavy atom. The minimum absolute atomic E-state index is 0.371. The fraction of sp³-hybridized carbons (Fsp3) is 0.647. The number of halogens is 1. The van der Waals surface area contributed by atoms with Crippen LogP contribution in [-0.4, -0.2) is 25.2 Å². The van der Waals surface area contributed by atoms with Gasteiger partial charge >= 0.3 is 0 Å². The van der Waals surface area contributed by atoms with Crippen molar-refractivity contribution in [3.63, 3.8) is 0 Å². The average Bonchev–Trinajstić information content (AvgIpc) is 2.66. The number of aryl methyl sites for hydroxylation is 1. The lowest BCUT2D eigenvalue weighted by Gasteiger charge is -2.40. The number of nitrogens with zero attached hydrogens (tertiary/aromatic N) is 1. The first-order valence-corrected chi connectivity index (χ1v) is 8.74. The summed E-state index contributed by atoms with van der Waals surface area (Å²) >= 11 is 3.61. The van der Waals surface area contributed by atoms with Crippen LogP contribution in [0.4, 0.5) is 5.69 Å². The molecule has 0 amide bonds. The van der Waals surface area contributed by atoms with E-state index in [-0.39, 0.29) is 0 Å². The molecule has 2 aliphatic rings. The normalized spacial score (nSPS) is 22.8. The molecule has 1 heterocycles. The highest BCUT2D eigenvalue weighted by molar-refractivity contribution is 9.10. The van der Waals surface area contributed by atoms with Crippen LogP contribution in [0, 0.1) is 6.92 Å². The third-order valence-corrected chi connectivity index (χ3v) is 5.81. The Hall–Kier alpha value is -0.540. The summed E-state index contributed by atoms with van der Waals surface area (Å²) in [6, 6.07) is 6.78. The van der Waals surface area contributed by atoms with Crippen molar-refractivity contribution in [2.45, 2.75) is 51.0 Å². The molecule has 2 nitrogen and oxygen atoms in total. The molecule has 0 bridgehead atoms. The number of hydrogen-bond donors (Lipinski definition) is 1. The smallest absolute Gasteiger partial charge is 0.0370 e. The fourth-order valence-corrected chi connectivity index (χ4v) is 3.98. The lowest BCUT2D eigenvalue weighted by atomic mass is 9.81. The maximum Gasteiger partial charge on any atom is 0.0370 e. The molecule has 1 N–H and O–H groups in total. The van der Waals surface area contributed by atoms with Gasteiger partial charge in [-0.15, -0.1) is 0 Å². The minimum Gasteiger partial charge on any atom is -0.370 e. The second-order valence-electron chi connectivity index (χ2n) is 6.48. The number of anilines is 1. The number of nitrogens with one attached hydrogen (secondary N) is 1. The Morgan fingerprint density at radius 2 is 1.95 bits per heavy atom. The summed E-state index contributed by atoms with van der Waals surface area (Å²) in [7, 11) is 0. The van der Waals surface area contributed by atoms with Crippen LogP contribution in [-0.2, 0) is 0 Å². The Kier molecular flexibility index (Phi) is 4.37. The third-order valence-electron chi connectivity index (χ3n) is 4.92. The second-order valence-corrected chi connectivity index (χ2v) is 7.33. The van der Waals surface area contributed by atoms with Crippen molar-refractivity contribution >= 4 is 21.6 Å². The topological polar surface area (TPSA) is 15.3 Å². The van der Waals surface area contributed by atoms with Gasteiger partial charge in [-0.05, 0) is 56.5 Å². The molecule has 20 heavy (non-hydrogen) atoms. The quantitative estimate of drug-likeness (QED) is 0.824. The van der Waals surface area contributed by atoms with Crippen molar-refractivity contribution in [1.82, 2.24) is 5.32 Å². The van der Waals surface area contributed by atoms with Gasteiger partial charge in [0.25, 0.3) is 0 Å². The van der Waals surface area contributed by atoms with E-state index in [2.05, 4.69) is 51.3 Å². The summed E-state index contributed by atoms with van der Waals surface area (Å²) in [4.78, 5) is 2.60.